The van der Waals surface area contributed by atoms with Crippen molar-refractivity contribution in [3.8, 4) is 0 Å². The third kappa shape index (κ3) is 2.54. The van der Waals surface area contributed by atoms with Crippen LogP contribution in [0.15, 0.2) is 0 Å². The predicted molar refractivity (Wildman–Crippen MR) is 50.5 cm³/mol. The van der Waals surface area contributed by atoms with E-state index in [1.807, 2.05) is 0 Å². The van der Waals surface area contributed by atoms with Crippen LogP contribution in [0, 0.1) is 0 Å². The summed E-state index contributed by atoms with van der Waals surface area (Å²) in [7, 11) is -2.09. The molecule has 1 aliphatic rings. The molecule has 0 bridgehead atoms. The minimum Gasteiger partial charge on any atom is -0.468 e. The molecule has 1 atom stereocenters. The highest BCUT2D eigenvalue weighted by Crippen LogP contribution is 2.46. The number of hydrogen-bond donors (Lipinski definition) is 2. The lowest BCUT2D eigenvalue weighted by Gasteiger charge is -2.19. The highest BCUT2D eigenvalue weighted by atomic mass is 31.2. The van der Waals surface area contributed by atoms with Gasteiger partial charge in [0.05, 0.1) is 13.7 Å². The molecule has 82 valence electrons. The molecule has 0 heterocycles. The summed E-state index contributed by atoms with van der Waals surface area (Å²) in [5, 5.41) is 2.53. The fourth-order valence-electron chi connectivity index (χ4n) is 1.20. The number of carbonyl (C=O) groups is 1. The first-order chi connectivity index (χ1) is 6.46. The molecule has 1 fully saturated rings. The van der Waals surface area contributed by atoms with Crippen molar-refractivity contribution in [2.75, 3.05) is 13.7 Å². The molecule has 0 saturated heterocycles. The van der Waals surface area contributed by atoms with Crippen molar-refractivity contribution < 1.29 is 18.6 Å². The lowest BCUT2D eigenvalue weighted by molar-refractivity contribution is -0.143. The van der Waals surface area contributed by atoms with Crippen molar-refractivity contribution in [2.24, 2.45) is 5.50 Å². The number of nitrogens with one attached hydrogen (secondary N) is 1. The molecule has 1 aliphatic carbocycles. The van der Waals surface area contributed by atoms with E-state index in [9.17, 15) is 9.36 Å². The third-order valence-electron chi connectivity index (χ3n) is 2.02. The van der Waals surface area contributed by atoms with Crippen LogP contribution in [0.5, 0.6) is 0 Å². The largest absolute Gasteiger partial charge is 0.468 e. The van der Waals surface area contributed by atoms with Gasteiger partial charge in [-0.25, -0.2) is 10.6 Å². The molecule has 0 amide bonds. The van der Waals surface area contributed by atoms with Crippen molar-refractivity contribution in [1.29, 1.82) is 0 Å². The zero-order chi connectivity index (χ0) is 10.8. The Morgan fingerprint density at radius 2 is 2.21 bits per heavy atom. The molecule has 0 aromatic carbocycles. The Labute approximate surface area is 82.7 Å². The minimum atomic E-state index is -3.37. The molecule has 1 rings (SSSR count). The van der Waals surface area contributed by atoms with Crippen molar-refractivity contribution in [2.45, 2.75) is 25.3 Å². The molecule has 0 spiro atoms. The number of carbonyl (C=O) groups excluding carboxylic acids is 1. The number of nitrogens with two attached hydrogens (primary N) is 1. The van der Waals surface area contributed by atoms with Gasteiger partial charge in [-0.2, -0.15) is 0 Å². The first-order valence-electron chi connectivity index (χ1n) is 4.37. The van der Waals surface area contributed by atoms with Gasteiger partial charge in [-0.15, -0.1) is 0 Å². The Morgan fingerprint density at radius 1 is 1.64 bits per heavy atom. The maximum atomic E-state index is 11.5. The van der Waals surface area contributed by atoms with Crippen molar-refractivity contribution in [3.05, 3.63) is 0 Å². The highest BCUT2D eigenvalue weighted by molar-refractivity contribution is 7.54. The Kier molecular flexibility index (Phi) is 3.32. The lowest BCUT2D eigenvalue weighted by atomic mass is 10.3. The van der Waals surface area contributed by atoms with E-state index in [1.54, 1.807) is 6.92 Å². The van der Waals surface area contributed by atoms with Gasteiger partial charge < -0.3 is 9.26 Å². The van der Waals surface area contributed by atoms with Crippen molar-refractivity contribution in [3.63, 3.8) is 0 Å². The molecule has 3 N–H and O–H groups in total. The standard InChI is InChI=1S/C7H15N2O4P/c1-3-13-14(8,11)9-7(4-5-7)6(10)12-2/h3-5H2,1-2H3,(H3,8,9,11). The summed E-state index contributed by atoms with van der Waals surface area (Å²) in [6.45, 7) is 1.91. The van der Waals surface area contributed by atoms with E-state index in [-0.39, 0.29) is 6.61 Å². The molecule has 0 aromatic heterocycles. The molecule has 7 heteroatoms. The van der Waals surface area contributed by atoms with Crippen LogP contribution in [0.1, 0.15) is 19.8 Å². The Bertz CT molecular complexity index is 277. The highest BCUT2D eigenvalue weighted by Gasteiger charge is 2.54. The quantitative estimate of drug-likeness (QED) is 0.516. The van der Waals surface area contributed by atoms with E-state index >= 15 is 0 Å². The van der Waals surface area contributed by atoms with Gasteiger partial charge in [0.15, 0.2) is 0 Å². The summed E-state index contributed by atoms with van der Waals surface area (Å²) in [6.07, 6.45) is 1.15. The summed E-state index contributed by atoms with van der Waals surface area (Å²) in [5.41, 5.74) is 4.48. The first-order valence-corrected chi connectivity index (χ1v) is 6.06. The lowest BCUT2D eigenvalue weighted by Crippen LogP contribution is -2.40. The van der Waals surface area contributed by atoms with Crippen LogP contribution in [-0.2, 0) is 18.6 Å². The minimum absolute atomic E-state index is 0.234. The molecular formula is C7H15N2O4P. The van der Waals surface area contributed by atoms with Gasteiger partial charge in [0.25, 0.3) is 0 Å². The van der Waals surface area contributed by atoms with Gasteiger partial charge in [-0.3, -0.25) is 9.36 Å². The van der Waals surface area contributed by atoms with E-state index in [0.29, 0.717) is 12.8 Å². The first kappa shape index (κ1) is 11.7. The smallest absolute Gasteiger partial charge is 0.339 e. The Hall–Kier alpha value is -0.420. The van der Waals surface area contributed by atoms with Gasteiger partial charge in [0.2, 0.25) is 0 Å². The second-order valence-electron chi connectivity index (χ2n) is 3.20. The molecular weight excluding hydrogens is 207 g/mol. The number of esters is 1. The van der Waals surface area contributed by atoms with Gasteiger partial charge in [0.1, 0.15) is 5.54 Å². The fraction of sp³-hybridized carbons (Fsp3) is 0.857. The monoisotopic (exact) mass is 222 g/mol. The van der Waals surface area contributed by atoms with Gasteiger partial charge in [-0.05, 0) is 19.8 Å². The van der Waals surface area contributed by atoms with Crippen molar-refractivity contribution in [1.82, 2.24) is 5.09 Å². The summed E-state index contributed by atoms with van der Waals surface area (Å²) in [5.74, 6) is -0.442. The summed E-state index contributed by atoms with van der Waals surface area (Å²) in [6, 6.07) is 0. The third-order valence-corrected chi connectivity index (χ3v) is 3.40. The molecule has 6 nitrogen and oxygen atoms in total. The topological polar surface area (TPSA) is 90.6 Å². The second kappa shape index (κ2) is 3.98. The van der Waals surface area contributed by atoms with E-state index in [0.717, 1.165) is 0 Å². The van der Waals surface area contributed by atoms with Gasteiger partial charge >= 0.3 is 13.6 Å². The second-order valence-corrected chi connectivity index (χ2v) is 4.88. The van der Waals surface area contributed by atoms with Crippen LogP contribution in [0.3, 0.4) is 0 Å². The molecule has 0 radical (unpaired) electrons. The van der Waals surface area contributed by atoms with Crippen LogP contribution in [-0.4, -0.2) is 25.2 Å². The summed E-state index contributed by atoms with van der Waals surface area (Å²) < 4.78 is 20.9. The molecule has 1 saturated carbocycles. The maximum Gasteiger partial charge on any atom is 0.339 e. The van der Waals surface area contributed by atoms with E-state index in [2.05, 4.69) is 9.82 Å². The molecule has 0 aliphatic heterocycles. The molecule has 14 heavy (non-hydrogen) atoms. The SMILES string of the molecule is CCOP(N)(=O)NC1(C(=O)OC)CC1. The Morgan fingerprint density at radius 3 is 2.57 bits per heavy atom. The number of ether oxygens (including phenoxy) is 1. The average molecular weight is 222 g/mol. The fourth-order valence-corrected chi connectivity index (χ4v) is 2.56. The predicted octanol–water partition coefficient (Wildman–Crippen LogP) is 0.385. The maximum absolute atomic E-state index is 11.5. The number of hydrogen-bond acceptors (Lipinski definition) is 4. The zero-order valence-corrected chi connectivity index (χ0v) is 9.17. The molecule has 1 unspecified atom stereocenters. The Balaban J connectivity index is 2.59. The average Bonchev–Trinajstić information content (AvgIpc) is 2.83. The summed E-state index contributed by atoms with van der Waals surface area (Å²) in [4.78, 5) is 11.3. The number of methoxy groups -OCH3 is 1. The van der Waals surface area contributed by atoms with Crippen LogP contribution in [0.4, 0.5) is 0 Å². The summed E-state index contributed by atoms with van der Waals surface area (Å²) >= 11 is 0. The van der Waals surface area contributed by atoms with Crippen molar-refractivity contribution >= 4 is 13.6 Å². The van der Waals surface area contributed by atoms with Crippen LogP contribution in [0.2, 0.25) is 0 Å². The van der Waals surface area contributed by atoms with E-state index < -0.39 is 19.2 Å². The van der Waals surface area contributed by atoms with Gasteiger partial charge in [-0.1, -0.05) is 0 Å². The van der Waals surface area contributed by atoms with Crippen LogP contribution in [0.25, 0.3) is 0 Å². The molecule has 0 aromatic rings. The zero-order valence-electron chi connectivity index (χ0n) is 8.28. The number of rotatable bonds is 5. The van der Waals surface area contributed by atoms with Crippen LogP contribution < -0.4 is 10.6 Å². The van der Waals surface area contributed by atoms with E-state index in [1.165, 1.54) is 7.11 Å². The normalized spacial score (nSPS) is 22.5. The van der Waals surface area contributed by atoms with E-state index in [4.69, 9.17) is 10.0 Å². The van der Waals surface area contributed by atoms with Gasteiger partial charge in [0, 0.05) is 0 Å². The van der Waals surface area contributed by atoms with Crippen LogP contribution >= 0.6 is 7.67 Å².